The third-order valence-corrected chi connectivity index (χ3v) is 3.89. The second-order valence-corrected chi connectivity index (χ2v) is 5.58. The summed E-state index contributed by atoms with van der Waals surface area (Å²) < 4.78 is 54.1. The Morgan fingerprint density at radius 3 is 2.52 bits per heavy atom. The molecule has 2 rings (SSSR count). The van der Waals surface area contributed by atoms with Gasteiger partial charge in [0.15, 0.2) is 0 Å². The van der Waals surface area contributed by atoms with E-state index in [1.54, 1.807) is 6.07 Å². The van der Waals surface area contributed by atoms with Gasteiger partial charge >= 0.3 is 12.2 Å². The number of carbonyl (C=O) groups excluding carboxylic acids is 1. The predicted octanol–water partition coefficient (Wildman–Crippen LogP) is 3.28. The molecule has 140 valence electrons. The van der Waals surface area contributed by atoms with E-state index in [1.807, 2.05) is 0 Å². The molecule has 1 aromatic rings. The first kappa shape index (κ1) is 19.2. The lowest BCUT2D eigenvalue weighted by atomic mass is 10.1. The lowest BCUT2D eigenvalue weighted by molar-refractivity contribution is -0.146. The van der Waals surface area contributed by atoms with E-state index in [-0.39, 0.29) is 5.69 Å². The maximum Gasteiger partial charge on any atom is 0.406 e. The number of halogens is 3. The monoisotopic (exact) mass is 362 g/mol. The number of benzene rings is 1. The summed E-state index contributed by atoms with van der Waals surface area (Å²) in [6.07, 6.45) is -3.76. The molecule has 1 N–H and O–H groups in total. The third kappa shape index (κ3) is 5.42. The highest BCUT2D eigenvalue weighted by atomic mass is 19.4. The van der Waals surface area contributed by atoms with Crippen molar-refractivity contribution in [1.29, 1.82) is 0 Å². The molecule has 0 bridgehead atoms. The number of nitrogens with zero attached hydrogens (tertiary/aromatic N) is 1. The van der Waals surface area contributed by atoms with E-state index in [0.717, 1.165) is 4.90 Å². The molecule has 1 aromatic carbocycles. The number of alkyl halides is 3. The van der Waals surface area contributed by atoms with Crippen molar-refractivity contribution in [3.05, 3.63) is 18.2 Å². The van der Waals surface area contributed by atoms with Gasteiger partial charge in [-0.15, -0.1) is 0 Å². The van der Waals surface area contributed by atoms with E-state index in [4.69, 9.17) is 14.2 Å². The van der Waals surface area contributed by atoms with E-state index in [9.17, 15) is 18.0 Å². The number of nitrogens with one attached hydrogen (secondary N) is 1. The Kier molecular flexibility index (Phi) is 6.35. The fourth-order valence-corrected chi connectivity index (χ4v) is 2.65. The second kappa shape index (κ2) is 8.28. The SMILES string of the molecule is COc1ccc(NC(=O)N(CC(F)(F)F)C2CCOCC2)c(OC)c1. The minimum atomic E-state index is -4.49. The van der Waals surface area contributed by atoms with Crippen molar-refractivity contribution in [1.82, 2.24) is 4.90 Å². The van der Waals surface area contributed by atoms with Gasteiger partial charge in [-0.3, -0.25) is 0 Å². The molecule has 0 aromatic heterocycles. The molecule has 1 saturated heterocycles. The fourth-order valence-electron chi connectivity index (χ4n) is 2.65. The lowest BCUT2D eigenvalue weighted by Crippen LogP contribution is -2.49. The molecule has 0 saturated carbocycles. The normalized spacial score (nSPS) is 15.6. The molecular weight excluding hydrogens is 341 g/mol. The number of rotatable bonds is 5. The molecule has 1 fully saturated rings. The van der Waals surface area contributed by atoms with Crippen LogP contribution in [0.15, 0.2) is 18.2 Å². The summed E-state index contributed by atoms with van der Waals surface area (Å²) in [5.41, 5.74) is 0.271. The Bertz CT molecular complexity index is 589. The Labute approximate surface area is 143 Å². The molecule has 0 spiro atoms. The van der Waals surface area contributed by atoms with Crippen molar-refractivity contribution in [2.45, 2.75) is 25.1 Å². The molecule has 1 aliphatic heterocycles. The van der Waals surface area contributed by atoms with Crippen molar-refractivity contribution >= 4 is 11.7 Å². The van der Waals surface area contributed by atoms with Crippen molar-refractivity contribution < 1.29 is 32.2 Å². The van der Waals surface area contributed by atoms with Gasteiger partial charge in [0.2, 0.25) is 0 Å². The van der Waals surface area contributed by atoms with E-state index < -0.39 is 24.8 Å². The van der Waals surface area contributed by atoms with Crippen molar-refractivity contribution in [3.8, 4) is 11.5 Å². The van der Waals surface area contributed by atoms with Gasteiger partial charge in [-0.25, -0.2) is 4.79 Å². The molecule has 0 radical (unpaired) electrons. The maximum absolute atomic E-state index is 12.9. The number of amides is 2. The van der Waals surface area contributed by atoms with E-state index in [2.05, 4.69) is 5.32 Å². The number of hydrogen-bond acceptors (Lipinski definition) is 4. The average molecular weight is 362 g/mol. The van der Waals surface area contributed by atoms with Gasteiger partial charge in [-0.05, 0) is 25.0 Å². The summed E-state index contributed by atoms with van der Waals surface area (Å²) in [5.74, 6) is 0.804. The van der Waals surface area contributed by atoms with E-state index in [0.29, 0.717) is 37.6 Å². The minimum Gasteiger partial charge on any atom is -0.497 e. The molecular formula is C16H21F3N2O4. The Morgan fingerprint density at radius 1 is 1.28 bits per heavy atom. The largest absolute Gasteiger partial charge is 0.497 e. The van der Waals surface area contributed by atoms with Gasteiger partial charge in [-0.2, -0.15) is 13.2 Å². The Hall–Kier alpha value is -2.16. The van der Waals surface area contributed by atoms with E-state index in [1.165, 1.54) is 26.4 Å². The van der Waals surface area contributed by atoms with Gasteiger partial charge in [0.05, 0.1) is 19.9 Å². The molecule has 25 heavy (non-hydrogen) atoms. The van der Waals surface area contributed by atoms with Gasteiger partial charge in [0.1, 0.15) is 18.0 Å². The molecule has 1 heterocycles. The van der Waals surface area contributed by atoms with E-state index >= 15 is 0 Å². The van der Waals surface area contributed by atoms with Gasteiger partial charge in [-0.1, -0.05) is 0 Å². The first-order valence-corrected chi connectivity index (χ1v) is 7.78. The van der Waals surface area contributed by atoms with Gasteiger partial charge in [0, 0.05) is 25.3 Å². The summed E-state index contributed by atoms with van der Waals surface area (Å²) >= 11 is 0. The number of anilines is 1. The van der Waals surface area contributed by atoms with Crippen LogP contribution in [0.1, 0.15) is 12.8 Å². The topological polar surface area (TPSA) is 60.0 Å². The summed E-state index contributed by atoms with van der Waals surface area (Å²) in [7, 11) is 2.87. The zero-order valence-electron chi connectivity index (χ0n) is 14.1. The summed E-state index contributed by atoms with van der Waals surface area (Å²) in [6.45, 7) is -0.654. The molecule has 0 atom stereocenters. The standard InChI is InChI=1S/C16H21F3N2O4/c1-23-12-3-4-13(14(9-12)24-2)20-15(22)21(10-16(17,18)19)11-5-7-25-8-6-11/h3-4,9,11H,5-8,10H2,1-2H3,(H,20,22). The summed E-state index contributed by atoms with van der Waals surface area (Å²) in [6, 6.07) is 3.29. The molecule has 0 aliphatic carbocycles. The van der Waals surface area contributed by atoms with Gasteiger partial charge in [0.25, 0.3) is 0 Å². The average Bonchev–Trinajstić information content (AvgIpc) is 2.60. The highest BCUT2D eigenvalue weighted by Gasteiger charge is 2.37. The number of ether oxygens (including phenoxy) is 3. The van der Waals surface area contributed by atoms with Crippen LogP contribution in [0.4, 0.5) is 23.7 Å². The predicted molar refractivity (Wildman–Crippen MR) is 85.2 cm³/mol. The van der Waals surface area contributed by atoms with Gasteiger partial charge < -0.3 is 24.4 Å². The number of carbonyl (C=O) groups is 1. The number of hydrogen-bond donors (Lipinski definition) is 1. The number of urea groups is 1. The second-order valence-electron chi connectivity index (χ2n) is 5.58. The number of methoxy groups -OCH3 is 2. The summed E-state index contributed by atoms with van der Waals surface area (Å²) in [5, 5.41) is 2.50. The van der Waals surface area contributed by atoms with Crippen LogP contribution in [-0.4, -0.2) is 57.1 Å². The molecule has 6 nitrogen and oxygen atoms in total. The van der Waals surface area contributed by atoms with Crippen LogP contribution in [0.25, 0.3) is 0 Å². The maximum atomic E-state index is 12.9. The van der Waals surface area contributed by atoms with Crippen LogP contribution >= 0.6 is 0 Å². The molecule has 9 heteroatoms. The zero-order valence-corrected chi connectivity index (χ0v) is 14.1. The lowest BCUT2D eigenvalue weighted by Gasteiger charge is -2.34. The molecule has 2 amide bonds. The Morgan fingerprint density at radius 2 is 1.96 bits per heavy atom. The highest BCUT2D eigenvalue weighted by molar-refractivity contribution is 5.91. The zero-order chi connectivity index (χ0) is 18.4. The quantitative estimate of drug-likeness (QED) is 0.873. The van der Waals surface area contributed by atoms with Crippen molar-refractivity contribution in [2.24, 2.45) is 0 Å². The Balaban J connectivity index is 2.18. The van der Waals surface area contributed by atoms with Crippen molar-refractivity contribution in [3.63, 3.8) is 0 Å². The fraction of sp³-hybridized carbons (Fsp3) is 0.562. The van der Waals surface area contributed by atoms with Crippen LogP contribution in [-0.2, 0) is 4.74 Å². The third-order valence-electron chi connectivity index (χ3n) is 3.89. The van der Waals surface area contributed by atoms with Crippen LogP contribution < -0.4 is 14.8 Å². The first-order valence-electron chi connectivity index (χ1n) is 7.78. The van der Waals surface area contributed by atoms with Crippen LogP contribution in [0.5, 0.6) is 11.5 Å². The first-order chi connectivity index (χ1) is 11.8. The minimum absolute atomic E-state index is 0.271. The molecule has 1 aliphatic rings. The summed E-state index contributed by atoms with van der Waals surface area (Å²) in [4.78, 5) is 13.3. The molecule has 0 unspecified atom stereocenters. The highest BCUT2D eigenvalue weighted by Crippen LogP contribution is 2.30. The van der Waals surface area contributed by atoms with Crippen LogP contribution in [0, 0.1) is 0 Å². The van der Waals surface area contributed by atoms with Crippen LogP contribution in [0.3, 0.4) is 0 Å². The van der Waals surface area contributed by atoms with Crippen LogP contribution in [0.2, 0.25) is 0 Å². The smallest absolute Gasteiger partial charge is 0.406 e. The van der Waals surface area contributed by atoms with Crippen molar-refractivity contribution in [2.75, 3.05) is 39.3 Å².